The monoisotopic (exact) mass is 308 g/mol. The summed E-state index contributed by atoms with van der Waals surface area (Å²) in [5, 5.41) is 0.363. The van der Waals surface area contributed by atoms with Gasteiger partial charge in [0.05, 0.1) is 13.2 Å². The van der Waals surface area contributed by atoms with E-state index in [1.54, 1.807) is 13.2 Å². The Hall–Kier alpha value is -1.78. The van der Waals surface area contributed by atoms with Crippen molar-refractivity contribution in [1.29, 1.82) is 0 Å². The van der Waals surface area contributed by atoms with E-state index in [4.69, 9.17) is 22.1 Å². The molecule has 0 saturated heterocycles. The molecule has 1 unspecified atom stereocenters. The van der Waals surface area contributed by atoms with Crippen molar-refractivity contribution in [3.05, 3.63) is 58.9 Å². The van der Waals surface area contributed by atoms with E-state index in [1.807, 2.05) is 36.2 Å². The fourth-order valence-corrected chi connectivity index (χ4v) is 2.53. The van der Waals surface area contributed by atoms with Gasteiger partial charge in [0, 0.05) is 30.4 Å². The minimum absolute atomic E-state index is 0.176. The standard InChI is InChI=1S/C16H18ClFN2O/c1-20(14-4-3-5-15(9-14)21-2)16(10-19)11-6-12(17)8-13(18)7-11/h3-9,16H,10,19H2,1-2H3. The molecular weight excluding hydrogens is 291 g/mol. The summed E-state index contributed by atoms with van der Waals surface area (Å²) >= 11 is 5.93. The minimum Gasteiger partial charge on any atom is -0.497 e. The van der Waals surface area contributed by atoms with Gasteiger partial charge in [-0.3, -0.25) is 0 Å². The lowest BCUT2D eigenvalue weighted by molar-refractivity contribution is 0.414. The third kappa shape index (κ3) is 3.65. The number of methoxy groups -OCH3 is 1. The summed E-state index contributed by atoms with van der Waals surface area (Å²) in [5.41, 5.74) is 7.55. The van der Waals surface area contributed by atoms with Crippen LogP contribution < -0.4 is 15.4 Å². The molecule has 0 aliphatic rings. The summed E-state index contributed by atoms with van der Waals surface area (Å²) < 4.78 is 18.8. The van der Waals surface area contributed by atoms with Crippen LogP contribution in [0.15, 0.2) is 42.5 Å². The van der Waals surface area contributed by atoms with Gasteiger partial charge in [-0.1, -0.05) is 17.7 Å². The molecule has 21 heavy (non-hydrogen) atoms. The van der Waals surface area contributed by atoms with Crippen molar-refractivity contribution < 1.29 is 9.13 Å². The van der Waals surface area contributed by atoms with Crippen molar-refractivity contribution in [2.24, 2.45) is 5.73 Å². The Balaban J connectivity index is 2.35. The molecular formula is C16H18ClFN2O. The van der Waals surface area contributed by atoms with Gasteiger partial charge in [0.1, 0.15) is 11.6 Å². The van der Waals surface area contributed by atoms with Crippen LogP contribution in [-0.2, 0) is 0 Å². The topological polar surface area (TPSA) is 38.5 Å². The summed E-state index contributed by atoms with van der Waals surface area (Å²) in [5.74, 6) is 0.391. The van der Waals surface area contributed by atoms with Crippen LogP contribution >= 0.6 is 11.6 Å². The Morgan fingerprint density at radius 3 is 2.67 bits per heavy atom. The van der Waals surface area contributed by atoms with Gasteiger partial charge in [-0.15, -0.1) is 0 Å². The zero-order valence-corrected chi connectivity index (χ0v) is 12.8. The molecule has 0 bridgehead atoms. The summed E-state index contributed by atoms with van der Waals surface area (Å²) in [4.78, 5) is 1.98. The van der Waals surface area contributed by atoms with Crippen molar-refractivity contribution in [3.8, 4) is 5.75 Å². The van der Waals surface area contributed by atoms with Crippen molar-refractivity contribution in [3.63, 3.8) is 0 Å². The van der Waals surface area contributed by atoms with Crippen LogP contribution in [0.5, 0.6) is 5.75 Å². The first-order valence-electron chi connectivity index (χ1n) is 6.58. The Kier molecular flexibility index (Phi) is 5.04. The van der Waals surface area contributed by atoms with Gasteiger partial charge in [0.15, 0.2) is 0 Å². The number of ether oxygens (including phenoxy) is 1. The molecule has 2 aromatic rings. The van der Waals surface area contributed by atoms with E-state index in [9.17, 15) is 4.39 Å². The normalized spacial score (nSPS) is 12.0. The second kappa shape index (κ2) is 6.78. The predicted octanol–water partition coefficient (Wildman–Crippen LogP) is 3.62. The average Bonchev–Trinajstić information content (AvgIpc) is 2.47. The first-order valence-corrected chi connectivity index (χ1v) is 6.96. The maximum absolute atomic E-state index is 13.5. The Morgan fingerprint density at radius 1 is 1.29 bits per heavy atom. The summed E-state index contributed by atoms with van der Waals surface area (Å²) in [6.45, 7) is 0.341. The molecule has 0 saturated carbocycles. The number of halogens is 2. The number of anilines is 1. The molecule has 0 spiro atoms. The molecule has 112 valence electrons. The number of hydrogen-bond acceptors (Lipinski definition) is 3. The van der Waals surface area contributed by atoms with Gasteiger partial charge in [-0.2, -0.15) is 0 Å². The van der Waals surface area contributed by atoms with Crippen molar-refractivity contribution >= 4 is 17.3 Å². The van der Waals surface area contributed by atoms with E-state index in [0.29, 0.717) is 11.6 Å². The second-order valence-corrected chi connectivity index (χ2v) is 5.20. The summed E-state index contributed by atoms with van der Waals surface area (Å²) in [6.07, 6.45) is 0. The van der Waals surface area contributed by atoms with Gasteiger partial charge in [-0.25, -0.2) is 4.39 Å². The SMILES string of the molecule is COc1cccc(N(C)C(CN)c2cc(F)cc(Cl)c2)c1. The first kappa shape index (κ1) is 15.6. The largest absolute Gasteiger partial charge is 0.497 e. The Labute approximate surface area is 129 Å². The van der Waals surface area contributed by atoms with Crippen LogP contribution in [-0.4, -0.2) is 20.7 Å². The zero-order valence-electron chi connectivity index (χ0n) is 12.0. The van der Waals surface area contributed by atoms with Crippen molar-refractivity contribution in [2.45, 2.75) is 6.04 Å². The predicted molar refractivity (Wildman–Crippen MR) is 84.6 cm³/mol. The van der Waals surface area contributed by atoms with Gasteiger partial charge in [-0.05, 0) is 35.9 Å². The van der Waals surface area contributed by atoms with Gasteiger partial charge in [0.2, 0.25) is 0 Å². The molecule has 0 aromatic heterocycles. The van der Waals surface area contributed by atoms with E-state index >= 15 is 0 Å². The fourth-order valence-electron chi connectivity index (χ4n) is 2.30. The van der Waals surface area contributed by atoms with Crippen LogP contribution in [0.4, 0.5) is 10.1 Å². The number of benzene rings is 2. The third-order valence-corrected chi connectivity index (χ3v) is 3.64. The zero-order chi connectivity index (χ0) is 15.4. The van der Waals surface area contributed by atoms with E-state index in [2.05, 4.69) is 0 Å². The molecule has 0 radical (unpaired) electrons. The van der Waals surface area contributed by atoms with Crippen molar-refractivity contribution in [1.82, 2.24) is 0 Å². The van der Waals surface area contributed by atoms with E-state index in [1.165, 1.54) is 12.1 Å². The van der Waals surface area contributed by atoms with E-state index in [0.717, 1.165) is 17.0 Å². The molecule has 0 heterocycles. The Morgan fingerprint density at radius 2 is 2.05 bits per heavy atom. The lowest BCUT2D eigenvalue weighted by atomic mass is 10.0. The molecule has 0 fully saturated rings. The Bertz CT molecular complexity index is 601. The highest BCUT2D eigenvalue weighted by molar-refractivity contribution is 6.30. The fraction of sp³-hybridized carbons (Fsp3) is 0.250. The number of nitrogens with two attached hydrogens (primary N) is 1. The van der Waals surface area contributed by atoms with E-state index < -0.39 is 0 Å². The van der Waals surface area contributed by atoms with Gasteiger partial charge < -0.3 is 15.4 Å². The summed E-state index contributed by atoms with van der Waals surface area (Å²) in [6, 6.07) is 11.9. The quantitative estimate of drug-likeness (QED) is 0.917. The van der Waals surface area contributed by atoms with Crippen LogP contribution in [0, 0.1) is 5.82 Å². The first-order chi connectivity index (χ1) is 10.0. The molecule has 0 aliphatic carbocycles. The van der Waals surface area contributed by atoms with Gasteiger partial charge >= 0.3 is 0 Å². The van der Waals surface area contributed by atoms with Crippen LogP contribution in [0.1, 0.15) is 11.6 Å². The van der Waals surface area contributed by atoms with Crippen molar-refractivity contribution in [2.75, 3.05) is 25.6 Å². The molecule has 3 nitrogen and oxygen atoms in total. The molecule has 2 N–H and O–H groups in total. The number of nitrogens with zero attached hydrogens (tertiary/aromatic N) is 1. The molecule has 5 heteroatoms. The third-order valence-electron chi connectivity index (χ3n) is 3.42. The molecule has 2 rings (SSSR count). The molecule has 1 atom stereocenters. The highest BCUT2D eigenvalue weighted by atomic mass is 35.5. The minimum atomic E-state index is -0.366. The number of hydrogen-bond donors (Lipinski definition) is 1. The average molecular weight is 309 g/mol. The molecule has 2 aromatic carbocycles. The van der Waals surface area contributed by atoms with Crippen LogP contribution in [0.3, 0.4) is 0 Å². The maximum atomic E-state index is 13.5. The lowest BCUT2D eigenvalue weighted by Gasteiger charge is -2.30. The molecule has 0 amide bonds. The number of rotatable bonds is 5. The molecule has 0 aliphatic heterocycles. The second-order valence-electron chi connectivity index (χ2n) is 4.77. The number of likely N-dealkylation sites (N-methyl/N-ethyl adjacent to an activating group) is 1. The van der Waals surface area contributed by atoms with Gasteiger partial charge in [0.25, 0.3) is 0 Å². The van der Waals surface area contributed by atoms with Crippen LogP contribution in [0.2, 0.25) is 5.02 Å². The highest BCUT2D eigenvalue weighted by Gasteiger charge is 2.17. The maximum Gasteiger partial charge on any atom is 0.125 e. The lowest BCUT2D eigenvalue weighted by Crippen LogP contribution is -2.30. The smallest absolute Gasteiger partial charge is 0.125 e. The van der Waals surface area contributed by atoms with Crippen LogP contribution in [0.25, 0.3) is 0 Å². The highest BCUT2D eigenvalue weighted by Crippen LogP contribution is 2.29. The van der Waals surface area contributed by atoms with E-state index in [-0.39, 0.29) is 11.9 Å². The summed E-state index contributed by atoms with van der Waals surface area (Å²) in [7, 11) is 3.52.